The van der Waals surface area contributed by atoms with Crippen molar-refractivity contribution in [3.63, 3.8) is 0 Å². The van der Waals surface area contributed by atoms with Gasteiger partial charge in [-0.15, -0.1) is 0 Å². The second-order valence-electron chi connectivity index (χ2n) is 4.61. The van der Waals surface area contributed by atoms with Crippen molar-refractivity contribution in [1.29, 1.82) is 0 Å². The van der Waals surface area contributed by atoms with Crippen LogP contribution in [0.5, 0.6) is 5.75 Å². The van der Waals surface area contributed by atoms with E-state index in [0.29, 0.717) is 5.65 Å². The third-order valence-electron chi connectivity index (χ3n) is 3.36. The molecular weight excluding hydrogens is 230 g/mol. The highest BCUT2D eigenvalue weighted by atomic mass is 16.3. The van der Waals surface area contributed by atoms with Gasteiger partial charge in [-0.25, -0.2) is 4.98 Å². The van der Waals surface area contributed by atoms with Crippen molar-refractivity contribution in [2.45, 2.75) is 25.3 Å². The maximum atomic E-state index is 12.0. The molecule has 5 heteroatoms. The summed E-state index contributed by atoms with van der Waals surface area (Å²) >= 11 is 0. The van der Waals surface area contributed by atoms with Crippen molar-refractivity contribution in [3.8, 4) is 5.75 Å². The zero-order valence-electron chi connectivity index (χ0n) is 9.97. The molecule has 1 aliphatic rings. The first-order valence-corrected chi connectivity index (χ1v) is 6.20. The molecule has 0 aliphatic carbocycles. The van der Waals surface area contributed by atoms with Gasteiger partial charge in [0.25, 0.3) is 5.56 Å². The average molecular weight is 245 g/mol. The number of fused-ring (bicyclic) bond motifs is 1. The smallest absolute Gasteiger partial charge is 0.258 e. The highest BCUT2D eigenvalue weighted by molar-refractivity contribution is 5.52. The van der Waals surface area contributed by atoms with Crippen molar-refractivity contribution in [1.82, 2.24) is 14.7 Å². The van der Waals surface area contributed by atoms with Crippen LogP contribution in [0.15, 0.2) is 29.2 Å². The Morgan fingerprint density at radius 1 is 1.44 bits per heavy atom. The second kappa shape index (κ2) is 4.42. The first-order valence-electron chi connectivity index (χ1n) is 6.20. The molecule has 1 saturated heterocycles. The van der Waals surface area contributed by atoms with Gasteiger partial charge in [-0.2, -0.15) is 0 Å². The third-order valence-corrected chi connectivity index (χ3v) is 3.36. The lowest BCUT2D eigenvalue weighted by molar-refractivity contribution is 0.404. The molecule has 2 N–H and O–H groups in total. The quantitative estimate of drug-likeness (QED) is 0.792. The summed E-state index contributed by atoms with van der Waals surface area (Å²) in [6.45, 7) is 0.951. The molecule has 0 aromatic carbocycles. The third kappa shape index (κ3) is 1.86. The Hall–Kier alpha value is -1.88. The normalized spacial score (nSPS) is 20.1. The van der Waals surface area contributed by atoms with Gasteiger partial charge in [0, 0.05) is 18.3 Å². The molecule has 18 heavy (non-hydrogen) atoms. The Labute approximate surface area is 104 Å². The lowest BCUT2D eigenvalue weighted by Gasteiger charge is -2.22. The molecule has 1 fully saturated rings. The lowest BCUT2D eigenvalue weighted by Crippen LogP contribution is -2.29. The van der Waals surface area contributed by atoms with E-state index < -0.39 is 0 Å². The molecule has 94 valence electrons. The summed E-state index contributed by atoms with van der Waals surface area (Å²) < 4.78 is 1.36. The molecule has 5 nitrogen and oxygen atoms in total. The van der Waals surface area contributed by atoms with Gasteiger partial charge in [0.15, 0.2) is 11.4 Å². The molecule has 2 aromatic rings. The Bertz CT molecular complexity index is 630. The number of nitrogens with one attached hydrogen (secondary N) is 1. The molecule has 0 radical (unpaired) electrons. The summed E-state index contributed by atoms with van der Waals surface area (Å²) in [5.41, 5.74) is 0.895. The van der Waals surface area contributed by atoms with Crippen LogP contribution in [0.25, 0.3) is 5.65 Å². The van der Waals surface area contributed by atoms with Crippen LogP contribution in [0, 0.1) is 0 Å². The van der Waals surface area contributed by atoms with Crippen LogP contribution in [-0.2, 0) is 0 Å². The number of hydrogen-bond acceptors (Lipinski definition) is 4. The van der Waals surface area contributed by atoms with Crippen molar-refractivity contribution in [2.75, 3.05) is 6.54 Å². The van der Waals surface area contributed by atoms with Crippen LogP contribution in [0.1, 0.15) is 31.0 Å². The summed E-state index contributed by atoms with van der Waals surface area (Å²) in [6.07, 6.45) is 4.90. The van der Waals surface area contributed by atoms with E-state index in [1.54, 1.807) is 24.4 Å². The van der Waals surface area contributed by atoms with Crippen molar-refractivity contribution in [2.24, 2.45) is 0 Å². The predicted octanol–water partition coefficient (Wildman–Crippen LogP) is 1.21. The summed E-state index contributed by atoms with van der Waals surface area (Å²) in [5.74, 6) is 0.0345. The molecule has 1 unspecified atom stereocenters. The van der Waals surface area contributed by atoms with Gasteiger partial charge in [-0.3, -0.25) is 9.20 Å². The van der Waals surface area contributed by atoms with Crippen molar-refractivity contribution in [3.05, 3.63) is 40.4 Å². The number of aromatic nitrogens is 2. The minimum atomic E-state index is -0.154. The number of aromatic hydroxyl groups is 1. The van der Waals surface area contributed by atoms with E-state index >= 15 is 0 Å². The molecule has 2 aromatic heterocycles. The number of pyridine rings is 1. The summed E-state index contributed by atoms with van der Waals surface area (Å²) in [6, 6.07) is 4.84. The zero-order valence-corrected chi connectivity index (χ0v) is 9.97. The standard InChI is InChI=1S/C13H15N3O2/c17-11-5-3-7-16-12(18)8-10(15-13(11)16)9-4-1-2-6-14-9/h3,5,7-9,14,17H,1-2,4,6H2. The Morgan fingerprint density at radius 2 is 2.33 bits per heavy atom. The fourth-order valence-corrected chi connectivity index (χ4v) is 2.41. The number of nitrogens with zero attached hydrogens (tertiary/aromatic N) is 2. The molecule has 3 rings (SSSR count). The molecule has 0 saturated carbocycles. The highest BCUT2D eigenvalue weighted by Gasteiger charge is 2.17. The van der Waals surface area contributed by atoms with Crippen LogP contribution < -0.4 is 10.9 Å². The highest BCUT2D eigenvalue weighted by Crippen LogP contribution is 2.22. The van der Waals surface area contributed by atoms with Gasteiger partial charge >= 0.3 is 0 Å². The van der Waals surface area contributed by atoms with E-state index in [1.807, 2.05) is 0 Å². The fraction of sp³-hybridized carbons (Fsp3) is 0.385. The zero-order chi connectivity index (χ0) is 12.5. The molecule has 0 spiro atoms. The van der Waals surface area contributed by atoms with Gasteiger partial charge in [0.2, 0.25) is 0 Å². The maximum Gasteiger partial charge on any atom is 0.258 e. The van der Waals surface area contributed by atoms with E-state index in [2.05, 4.69) is 10.3 Å². The van der Waals surface area contributed by atoms with Crippen LogP contribution in [-0.4, -0.2) is 21.0 Å². The van der Waals surface area contributed by atoms with Crippen LogP contribution in [0.3, 0.4) is 0 Å². The van der Waals surface area contributed by atoms with Gasteiger partial charge in [-0.1, -0.05) is 6.42 Å². The Balaban J connectivity index is 2.14. The predicted molar refractivity (Wildman–Crippen MR) is 67.7 cm³/mol. The first-order chi connectivity index (χ1) is 8.75. The molecule has 0 bridgehead atoms. The van der Waals surface area contributed by atoms with E-state index in [0.717, 1.165) is 31.5 Å². The van der Waals surface area contributed by atoms with E-state index in [9.17, 15) is 9.90 Å². The number of rotatable bonds is 1. The Kier molecular flexibility index (Phi) is 2.76. The van der Waals surface area contributed by atoms with E-state index in [-0.39, 0.29) is 17.4 Å². The number of hydrogen-bond donors (Lipinski definition) is 2. The molecule has 0 amide bonds. The largest absolute Gasteiger partial charge is 0.504 e. The van der Waals surface area contributed by atoms with Gasteiger partial charge in [0.05, 0.1) is 5.69 Å². The number of piperidine rings is 1. The summed E-state index contributed by atoms with van der Waals surface area (Å²) in [4.78, 5) is 16.4. The van der Waals surface area contributed by atoms with Gasteiger partial charge in [-0.05, 0) is 31.5 Å². The van der Waals surface area contributed by atoms with E-state index in [1.165, 1.54) is 4.40 Å². The first kappa shape index (κ1) is 11.2. The van der Waals surface area contributed by atoms with Gasteiger partial charge in [0.1, 0.15) is 0 Å². The maximum absolute atomic E-state index is 12.0. The lowest BCUT2D eigenvalue weighted by atomic mass is 10.0. The van der Waals surface area contributed by atoms with Crippen LogP contribution in [0.4, 0.5) is 0 Å². The summed E-state index contributed by atoms with van der Waals surface area (Å²) in [5, 5.41) is 13.1. The molecule has 3 heterocycles. The van der Waals surface area contributed by atoms with E-state index in [4.69, 9.17) is 0 Å². The topological polar surface area (TPSA) is 66.6 Å². The molecule has 1 aliphatic heterocycles. The minimum Gasteiger partial charge on any atom is -0.504 e. The second-order valence-corrected chi connectivity index (χ2v) is 4.61. The van der Waals surface area contributed by atoms with Gasteiger partial charge < -0.3 is 10.4 Å². The average Bonchev–Trinajstić information content (AvgIpc) is 2.41. The monoisotopic (exact) mass is 245 g/mol. The Morgan fingerprint density at radius 3 is 3.11 bits per heavy atom. The molecule has 1 atom stereocenters. The van der Waals surface area contributed by atoms with Crippen molar-refractivity contribution < 1.29 is 5.11 Å². The minimum absolute atomic E-state index is 0.0345. The SMILES string of the molecule is O=c1cc(C2CCCCN2)nc2c(O)cccn12. The van der Waals surface area contributed by atoms with Crippen LogP contribution in [0.2, 0.25) is 0 Å². The van der Waals surface area contributed by atoms with Crippen LogP contribution >= 0.6 is 0 Å². The summed E-state index contributed by atoms with van der Waals surface area (Å²) in [7, 11) is 0. The molecular formula is C13H15N3O2. The fourth-order valence-electron chi connectivity index (χ4n) is 2.41. The van der Waals surface area contributed by atoms with Crippen molar-refractivity contribution >= 4 is 5.65 Å².